The second-order valence-corrected chi connectivity index (χ2v) is 4.41. The normalized spacial score (nSPS) is 11.1. The van der Waals surface area contributed by atoms with Crippen LogP contribution in [0.25, 0.3) is 0 Å². The van der Waals surface area contributed by atoms with Gasteiger partial charge in [-0.05, 0) is 0 Å². The number of amides is 1. The minimum absolute atomic E-state index is 0.0146. The van der Waals surface area contributed by atoms with Crippen LogP contribution in [0.2, 0.25) is 0 Å². The van der Waals surface area contributed by atoms with E-state index in [1.165, 1.54) is 0 Å². The van der Waals surface area contributed by atoms with Gasteiger partial charge in [0, 0.05) is 26.2 Å². The summed E-state index contributed by atoms with van der Waals surface area (Å²) in [6, 6.07) is 0. The fourth-order valence-corrected chi connectivity index (χ4v) is 1.70. The van der Waals surface area contributed by atoms with Gasteiger partial charge in [-0.3, -0.25) is 19.4 Å². The van der Waals surface area contributed by atoms with Crippen LogP contribution in [0.3, 0.4) is 0 Å². The van der Waals surface area contributed by atoms with Crippen molar-refractivity contribution in [1.29, 1.82) is 0 Å². The summed E-state index contributed by atoms with van der Waals surface area (Å²) in [5.74, 6) is -1.01. The first-order valence-corrected chi connectivity index (χ1v) is 6.74. The average molecular weight is 307 g/mol. The largest absolute Gasteiger partial charge is 0.463 e. The Balaban J connectivity index is 4.01. The molecular formula is C12H25N3O6. The number of carbonyl (C=O) groups is 2. The van der Waals surface area contributed by atoms with Crippen LogP contribution in [0.1, 0.15) is 0 Å². The van der Waals surface area contributed by atoms with Crippen molar-refractivity contribution in [3.63, 3.8) is 0 Å². The van der Waals surface area contributed by atoms with Crippen molar-refractivity contribution < 1.29 is 29.6 Å². The van der Waals surface area contributed by atoms with Crippen molar-refractivity contribution in [3.05, 3.63) is 0 Å². The molecule has 0 radical (unpaired) electrons. The minimum atomic E-state index is -0.521. The van der Waals surface area contributed by atoms with Crippen LogP contribution in [0.5, 0.6) is 0 Å². The van der Waals surface area contributed by atoms with Crippen LogP contribution in [0.4, 0.5) is 0 Å². The fourth-order valence-electron chi connectivity index (χ4n) is 1.70. The number of carbonyl (C=O) groups excluding carboxylic acids is 2. The van der Waals surface area contributed by atoms with Crippen molar-refractivity contribution in [1.82, 2.24) is 9.80 Å². The van der Waals surface area contributed by atoms with Crippen LogP contribution in [0.15, 0.2) is 0 Å². The first-order chi connectivity index (χ1) is 10.0. The van der Waals surface area contributed by atoms with E-state index < -0.39 is 11.9 Å². The number of hydrogen-bond acceptors (Lipinski definition) is 8. The third kappa shape index (κ3) is 11.1. The molecule has 0 saturated carbocycles. The molecule has 0 bridgehead atoms. The Labute approximate surface area is 123 Å². The number of nitrogens with zero attached hydrogens (tertiary/aromatic N) is 2. The van der Waals surface area contributed by atoms with Crippen LogP contribution < -0.4 is 5.73 Å². The van der Waals surface area contributed by atoms with Gasteiger partial charge in [-0.15, -0.1) is 0 Å². The van der Waals surface area contributed by atoms with E-state index in [9.17, 15) is 9.59 Å². The smallest absolute Gasteiger partial charge is 0.320 e. The van der Waals surface area contributed by atoms with Crippen LogP contribution in [-0.2, 0) is 14.3 Å². The molecule has 124 valence electrons. The Morgan fingerprint density at radius 1 is 0.857 bits per heavy atom. The zero-order chi connectivity index (χ0) is 16.1. The van der Waals surface area contributed by atoms with E-state index >= 15 is 0 Å². The number of rotatable bonds is 13. The van der Waals surface area contributed by atoms with Gasteiger partial charge in [0.05, 0.1) is 32.9 Å². The van der Waals surface area contributed by atoms with E-state index in [1.54, 1.807) is 9.80 Å². The van der Waals surface area contributed by atoms with Crippen molar-refractivity contribution in [3.8, 4) is 0 Å². The van der Waals surface area contributed by atoms with Gasteiger partial charge in [-0.2, -0.15) is 0 Å². The van der Waals surface area contributed by atoms with Crippen molar-refractivity contribution in [2.75, 3.05) is 65.7 Å². The van der Waals surface area contributed by atoms with Crippen LogP contribution in [0, 0.1) is 0 Å². The van der Waals surface area contributed by atoms with Gasteiger partial charge >= 0.3 is 5.97 Å². The third-order valence-electron chi connectivity index (χ3n) is 2.65. The van der Waals surface area contributed by atoms with Gasteiger partial charge in [0.15, 0.2) is 0 Å². The zero-order valence-corrected chi connectivity index (χ0v) is 12.1. The average Bonchev–Trinajstić information content (AvgIpc) is 2.38. The predicted molar refractivity (Wildman–Crippen MR) is 74.3 cm³/mol. The molecule has 0 aliphatic carbocycles. The van der Waals surface area contributed by atoms with Gasteiger partial charge < -0.3 is 25.8 Å². The summed E-state index contributed by atoms with van der Waals surface area (Å²) in [6.45, 7) is 0.765. The Kier molecular flexibility index (Phi) is 11.7. The molecule has 0 aromatic heterocycles. The van der Waals surface area contributed by atoms with E-state index in [0.717, 1.165) is 0 Å². The van der Waals surface area contributed by atoms with Crippen molar-refractivity contribution in [2.24, 2.45) is 5.73 Å². The van der Waals surface area contributed by atoms with Gasteiger partial charge in [0.1, 0.15) is 6.61 Å². The summed E-state index contributed by atoms with van der Waals surface area (Å²) < 4.78 is 5.00. The Bertz CT molecular complexity index is 297. The molecule has 9 nitrogen and oxygen atoms in total. The molecule has 21 heavy (non-hydrogen) atoms. The first kappa shape index (κ1) is 19.7. The summed E-state index contributed by atoms with van der Waals surface area (Å²) in [5, 5.41) is 26.5. The number of primary amides is 1. The lowest BCUT2D eigenvalue weighted by atomic mass is 10.4. The molecule has 0 heterocycles. The fraction of sp³-hybridized carbons (Fsp3) is 0.833. The summed E-state index contributed by atoms with van der Waals surface area (Å²) in [4.78, 5) is 25.5. The van der Waals surface area contributed by atoms with Gasteiger partial charge in [-0.25, -0.2) is 0 Å². The Morgan fingerprint density at radius 2 is 1.33 bits per heavy atom. The Hall–Kier alpha value is -1.26. The molecule has 0 aromatic rings. The lowest BCUT2D eigenvalue weighted by Gasteiger charge is -2.21. The van der Waals surface area contributed by atoms with E-state index in [2.05, 4.69) is 0 Å². The first-order valence-electron chi connectivity index (χ1n) is 6.74. The lowest BCUT2D eigenvalue weighted by molar-refractivity contribution is -0.145. The van der Waals surface area contributed by atoms with E-state index in [-0.39, 0.29) is 65.7 Å². The molecule has 0 atom stereocenters. The maximum Gasteiger partial charge on any atom is 0.320 e. The second kappa shape index (κ2) is 12.5. The molecule has 0 aliphatic heterocycles. The molecule has 0 fully saturated rings. The number of aliphatic hydroxyl groups is 3. The predicted octanol–water partition coefficient (Wildman–Crippen LogP) is -3.40. The molecule has 1 amide bonds. The highest BCUT2D eigenvalue weighted by molar-refractivity contribution is 5.75. The monoisotopic (exact) mass is 307 g/mol. The second-order valence-electron chi connectivity index (χ2n) is 4.41. The minimum Gasteiger partial charge on any atom is -0.463 e. The van der Waals surface area contributed by atoms with E-state index in [4.69, 9.17) is 25.8 Å². The topological polar surface area (TPSA) is 137 Å². The van der Waals surface area contributed by atoms with Gasteiger partial charge in [0.25, 0.3) is 0 Å². The van der Waals surface area contributed by atoms with Gasteiger partial charge in [-0.1, -0.05) is 0 Å². The molecule has 9 heteroatoms. The standard InChI is InChI=1S/C12H25N3O6/c13-11(19)9-15(3-7-18)4-8-21-12(20)10-14(1-5-16)2-6-17/h16-18H,1-10H2,(H2,13,19). The number of ether oxygens (including phenoxy) is 1. The highest BCUT2D eigenvalue weighted by Gasteiger charge is 2.12. The number of esters is 1. The summed E-state index contributed by atoms with van der Waals surface area (Å²) in [6.07, 6.45) is 0. The number of nitrogens with two attached hydrogens (primary N) is 1. The van der Waals surface area contributed by atoms with E-state index in [1.807, 2.05) is 0 Å². The molecule has 0 aliphatic rings. The maximum absolute atomic E-state index is 11.6. The molecule has 0 unspecified atom stereocenters. The number of hydrogen-bond donors (Lipinski definition) is 4. The third-order valence-corrected chi connectivity index (χ3v) is 2.65. The lowest BCUT2D eigenvalue weighted by Crippen LogP contribution is -2.39. The quantitative estimate of drug-likeness (QED) is 0.258. The van der Waals surface area contributed by atoms with E-state index in [0.29, 0.717) is 0 Å². The Morgan fingerprint density at radius 3 is 1.76 bits per heavy atom. The molecule has 0 aromatic carbocycles. The zero-order valence-electron chi connectivity index (χ0n) is 12.1. The molecule has 0 saturated heterocycles. The molecular weight excluding hydrogens is 282 g/mol. The molecule has 0 spiro atoms. The number of aliphatic hydroxyl groups excluding tert-OH is 3. The SMILES string of the molecule is NC(=O)CN(CCO)CCOC(=O)CN(CCO)CCO. The summed E-state index contributed by atoms with van der Waals surface area (Å²) in [5.41, 5.74) is 5.06. The summed E-state index contributed by atoms with van der Waals surface area (Å²) in [7, 11) is 0. The van der Waals surface area contributed by atoms with Crippen LogP contribution >= 0.6 is 0 Å². The van der Waals surface area contributed by atoms with Crippen LogP contribution in [-0.4, -0.2) is 103 Å². The van der Waals surface area contributed by atoms with Crippen molar-refractivity contribution in [2.45, 2.75) is 0 Å². The van der Waals surface area contributed by atoms with Gasteiger partial charge in [0.2, 0.25) is 5.91 Å². The highest BCUT2D eigenvalue weighted by Crippen LogP contribution is 1.92. The maximum atomic E-state index is 11.6. The molecule has 0 rings (SSSR count). The van der Waals surface area contributed by atoms with Crippen molar-refractivity contribution >= 4 is 11.9 Å². The molecule has 5 N–H and O–H groups in total. The summed E-state index contributed by atoms with van der Waals surface area (Å²) >= 11 is 0. The highest BCUT2D eigenvalue weighted by atomic mass is 16.5.